The molecule has 0 spiro atoms. The molecular weight excluding hydrogens is 300 g/mol. The van der Waals surface area contributed by atoms with Gasteiger partial charge in [0.1, 0.15) is 0 Å². The number of nitrogens with zero attached hydrogens (tertiary/aromatic N) is 2. The Balaban J connectivity index is 1.58. The van der Waals surface area contributed by atoms with Crippen molar-refractivity contribution < 1.29 is 4.79 Å². The Morgan fingerprint density at radius 3 is 2.79 bits per heavy atom. The van der Waals surface area contributed by atoms with Crippen LogP contribution < -0.4 is 11.1 Å². The second kappa shape index (κ2) is 6.06. The number of rotatable bonds is 5. The molecule has 2 aliphatic rings. The monoisotopic (exact) mass is 324 g/mol. The van der Waals surface area contributed by atoms with E-state index in [0.29, 0.717) is 18.2 Å². The zero-order valence-electron chi connectivity index (χ0n) is 14.1. The zero-order valence-corrected chi connectivity index (χ0v) is 14.1. The van der Waals surface area contributed by atoms with E-state index in [1.807, 2.05) is 4.68 Å². The highest BCUT2D eigenvalue weighted by atomic mass is 16.2. The predicted molar refractivity (Wildman–Crippen MR) is 93.4 cm³/mol. The molecule has 4 rings (SSSR count). The molecule has 1 heterocycles. The first-order valence-electron chi connectivity index (χ1n) is 8.85. The topological polar surface area (TPSA) is 72.9 Å². The summed E-state index contributed by atoms with van der Waals surface area (Å²) in [5.41, 5.74) is 11.2. The molecule has 1 saturated carbocycles. The van der Waals surface area contributed by atoms with Gasteiger partial charge in [-0.1, -0.05) is 17.7 Å². The number of hydrogen-bond donors (Lipinski definition) is 2. The molecule has 1 unspecified atom stereocenters. The van der Waals surface area contributed by atoms with Crippen molar-refractivity contribution in [3.05, 3.63) is 46.8 Å². The second-order valence-corrected chi connectivity index (χ2v) is 7.09. The van der Waals surface area contributed by atoms with Crippen molar-refractivity contribution in [2.75, 3.05) is 6.54 Å². The fourth-order valence-corrected chi connectivity index (χ4v) is 3.50. The highest BCUT2D eigenvalue weighted by Crippen LogP contribution is 2.31. The summed E-state index contributed by atoms with van der Waals surface area (Å²) >= 11 is 0. The van der Waals surface area contributed by atoms with Crippen LogP contribution in [-0.2, 0) is 12.8 Å². The summed E-state index contributed by atoms with van der Waals surface area (Å²) in [5, 5.41) is 7.62. The molecule has 126 valence electrons. The van der Waals surface area contributed by atoms with Gasteiger partial charge in [-0.15, -0.1) is 0 Å². The van der Waals surface area contributed by atoms with Gasteiger partial charge < -0.3 is 11.1 Å². The molecular formula is C19H24N4O. The number of benzene rings is 1. The van der Waals surface area contributed by atoms with E-state index < -0.39 is 0 Å². The maximum absolute atomic E-state index is 12.6. The molecule has 0 saturated heterocycles. The molecule has 2 aromatic rings. The van der Waals surface area contributed by atoms with Crippen molar-refractivity contribution >= 4 is 5.91 Å². The number of aryl methyl sites for hydroxylation is 1. The van der Waals surface area contributed by atoms with Crippen LogP contribution in [0.15, 0.2) is 24.3 Å². The van der Waals surface area contributed by atoms with Crippen molar-refractivity contribution in [1.29, 1.82) is 0 Å². The van der Waals surface area contributed by atoms with Crippen molar-refractivity contribution in [1.82, 2.24) is 15.1 Å². The van der Waals surface area contributed by atoms with Crippen LogP contribution in [0.2, 0.25) is 0 Å². The Morgan fingerprint density at radius 1 is 1.33 bits per heavy atom. The van der Waals surface area contributed by atoms with Crippen molar-refractivity contribution in [2.24, 2.45) is 11.7 Å². The molecule has 2 aliphatic carbocycles. The molecule has 3 N–H and O–H groups in total. The molecule has 5 nitrogen and oxygen atoms in total. The smallest absolute Gasteiger partial charge is 0.272 e. The maximum atomic E-state index is 12.6. The molecule has 1 atom stereocenters. The van der Waals surface area contributed by atoms with Crippen LogP contribution in [0.5, 0.6) is 0 Å². The van der Waals surface area contributed by atoms with Crippen LogP contribution in [0, 0.1) is 12.8 Å². The van der Waals surface area contributed by atoms with Crippen LogP contribution >= 0.6 is 0 Å². The Hall–Kier alpha value is -2.14. The van der Waals surface area contributed by atoms with E-state index in [1.165, 1.54) is 24.1 Å². The molecule has 0 bridgehead atoms. The quantitative estimate of drug-likeness (QED) is 0.885. The average molecular weight is 324 g/mol. The normalized spacial score (nSPS) is 17.6. The minimum absolute atomic E-state index is 0.0705. The van der Waals surface area contributed by atoms with Gasteiger partial charge in [-0.2, -0.15) is 5.10 Å². The zero-order chi connectivity index (χ0) is 16.7. The standard InChI is InChI=1S/C19H24N4O/c1-12-5-9-14(10-6-12)23-17-4-2-3-15(17)18(22-23)19(24)21-11-16(20)13-7-8-13/h5-6,9-10,13,16H,2-4,7-8,11,20H2,1H3,(H,21,24). The van der Waals surface area contributed by atoms with Gasteiger partial charge in [0.05, 0.1) is 5.69 Å². The highest BCUT2D eigenvalue weighted by Gasteiger charge is 2.30. The molecule has 1 fully saturated rings. The summed E-state index contributed by atoms with van der Waals surface area (Å²) in [7, 11) is 0. The van der Waals surface area contributed by atoms with Gasteiger partial charge >= 0.3 is 0 Å². The Morgan fingerprint density at radius 2 is 2.08 bits per heavy atom. The number of carbonyl (C=O) groups is 1. The summed E-state index contributed by atoms with van der Waals surface area (Å²) in [6.07, 6.45) is 5.37. The van der Waals surface area contributed by atoms with Crippen molar-refractivity contribution in [3.8, 4) is 5.69 Å². The number of fused-ring (bicyclic) bond motifs is 1. The third-order valence-electron chi connectivity index (χ3n) is 5.15. The van der Waals surface area contributed by atoms with E-state index in [4.69, 9.17) is 5.73 Å². The van der Waals surface area contributed by atoms with Crippen LogP contribution in [-0.4, -0.2) is 28.3 Å². The van der Waals surface area contributed by atoms with Crippen LogP contribution in [0.3, 0.4) is 0 Å². The number of nitrogens with one attached hydrogen (secondary N) is 1. The van der Waals surface area contributed by atoms with Gasteiger partial charge in [0.15, 0.2) is 5.69 Å². The maximum Gasteiger partial charge on any atom is 0.272 e. The lowest BCUT2D eigenvalue weighted by molar-refractivity contribution is 0.0944. The van der Waals surface area contributed by atoms with E-state index >= 15 is 0 Å². The van der Waals surface area contributed by atoms with Crippen LogP contribution in [0.25, 0.3) is 5.69 Å². The first-order chi connectivity index (χ1) is 11.6. The van der Waals surface area contributed by atoms with Gasteiger partial charge in [-0.05, 0) is 57.1 Å². The molecule has 24 heavy (non-hydrogen) atoms. The van der Waals surface area contributed by atoms with Crippen LogP contribution in [0.4, 0.5) is 0 Å². The second-order valence-electron chi connectivity index (χ2n) is 7.09. The van der Waals surface area contributed by atoms with Crippen molar-refractivity contribution in [2.45, 2.75) is 45.1 Å². The van der Waals surface area contributed by atoms with E-state index in [1.54, 1.807) is 0 Å². The van der Waals surface area contributed by atoms with E-state index in [-0.39, 0.29) is 11.9 Å². The Bertz CT molecular complexity index is 758. The van der Waals surface area contributed by atoms with Crippen LogP contribution in [0.1, 0.15) is 46.6 Å². The van der Waals surface area contributed by atoms with Gasteiger partial charge in [0.2, 0.25) is 0 Å². The van der Waals surface area contributed by atoms with E-state index in [2.05, 4.69) is 41.6 Å². The minimum Gasteiger partial charge on any atom is -0.349 e. The summed E-state index contributed by atoms with van der Waals surface area (Å²) in [5.74, 6) is 0.497. The minimum atomic E-state index is -0.0879. The lowest BCUT2D eigenvalue weighted by Gasteiger charge is -2.11. The molecule has 1 aromatic heterocycles. The fourth-order valence-electron chi connectivity index (χ4n) is 3.50. The number of hydrogen-bond acceptors (Lipinski definition) is 3. The SMILES string of the molecule is Cc1ccc(-n2nc(C(=O)NCC(N)C3CC3)c3c2CCC3)cc1. The molecule has 1 aromatic carbocycles. The lowest BCUT2D eigenvalue weighted by atomic mass is 10.1. The molecule has 1 amide bonds. The van der Waals surface area contributed by atoms with E-state index in [9.17, 15) is 4.79 Å². The molecule has 0 radical (unpaired) electrons. The summed E-state index contributed by atoms with van der Waals surface area (Å²) in [6.45, 7) is 2.61. The van der Waals surface area contributed by atoms with Gasteiger partial charge in [0, 0.05) is 23.8 Å². The summed E-state index contributed by atoms with van der Waals surface area (Å²) < 4.78 is 1.94. The largest absolute Gasteiger partial charge is 0.349 e. The Labute approximate surface area is 142 Å². The summed E-state index contributed by atoms with van der Waals surface area (Å²) in [4.78, 5) is 12.6. The average Bonchev–Trinajstić information content (AvgIpc) is 3.22. The number of aromatic nitrogens is 2. The first kappa shape index (κ1) is 15.4. The molecule has 5 heteroatoms. The van der Waals surface area contributed by atoms with Gasteiger partial charge in [0.25, 0.3) is 5.91 Å². The van der Waals surface area contributed by atoms with Crippen molar-refractivity contribution in [3.63, 3.8) is 0 Å². The highest BCUT2D eigenvalue weighted by molar-refractivity contribution is 5.94. The number of nitrogens with two attached hydrogens (primary N) is 1. The molecule has 0 aliphatic heterocycles. The number of amides is 1. The summed E-state index contributed by atoms with van der Waals surface area (Å²) in [6, 6.07) is 8.35. The fraction of sp³-hybridized carbons (Fsp3) is 0.474. The van der Waals surface area contributed by atoms with E-state index in [0.717, 1.165) is 30.5 Å². The Kier molecular flexibility index (Phi) is 3.88. The van der Waals surface area contributed by atoms with Gasteiger partial charge in [-0.3, -0.25) is 4.79 Å². The third kappa shape index (κ3) is 2.84. The number of carbonyl (C=O) groups excluding carboxylic acids is 1. The lowest BCUT2D eigenvalue weighted by Crippen LogP contribution is -2.39. The predicted octanol–water partition coefficient (Wildman–Crippen LogP) is 2.14. The van der Waals surface area contributed by atoms with Gasteiger partial charge in [-0.25, -0.2) is 4.68 Å². The third-order valence-corrected chi connectivity index (χ3v) is 5.15. The first-order valence-corrected chi connectivity index (χ1v) is 8.85.